The number of hydrogen-bond acceptors (Lipinski definition) is 7. The lowest BCUT2D eigenvalue weighted by atomic mass is 10.2. The quantitative estimate of drug-likeness (QED) is 0.498. The normalized spacial score (nSPS) is 17.9. The van der Waals surface area contributed by atoms with Gasteiger partial charge in [-0.25, -0.2) is 9.19 Å². The summed E-state index contributed by atoms with van der Waals surface area (Å²) in [6.45, 7) is 0.520. The third kappa shape index (κ3) is 5.13. The zero-order valence-corrected chi connectivity index (χ0v) is 21.7. The predicted molar refractivity (Wildman–Crippen MR) is 139 cm³/mol. The Morgan fingerprint density at radius 1 is 1.26 bits per heavy atom. The third-order valence-electron chi connectivity index (χ3n) is 5.54. The lowest BCUT2D eigenvalue weighted by Gasteiger charge is -2.31. The number of aromatic hydroxyl groups is 1. The Bertz CT molecular complexity index is 1480. The monoisotopic (exact) mass is 553 g/mol. The van der Waals surface area contributed by atoms with Gasteiger partial charge in [-0.3, -0.25) is 23.4 Å². The van der Waals surface area contributed by atoms with Gasteiger partial charge in [0.2, 0.25) is 5.75 Å². The van der Waals surface area contributed by atoms with Gasteiger partial charge in [-0.05, 0) is 42.7 Å². The molecule has 1 fully saturated rings. The Labute approximate surface area is 216 Å². The van der Waals surface area contributed by atoms with Gasteiger partial charge in [0.15, 0.2) is 11.5 Å². The van der Waals surface area contributed by atoms with Crippen molar-refractivity contribution in [2.24, 2.45) is 7.05 Å². The summed E-state index contributed by atoms with van der Waals surface area (Å²) in [5, 5.41) is 13.7. The molecule has 4 rings (SSSR count). The Hall–Kier alpha value is -2.73. The van der Waals surface area contributed by atoms with Crippen molar-refractivity contribution < 1.29 is 14.1 Å². The number of pyridine rings is 1. The molecule has 35 heavy (non-hydrogen) atoms. The number of carbonyl (C=O) groups is 1. The van der Waals surface area contributed by atoms with Crippen LogP contribution in [-0.2, 0) is 33.5 Å². The van der Waals surface area contributed by atoms with Crippen molar-refractivity contribution in [1.29, 1.82) is 0 Å². The molecule has 1 unspecified atom stereocenters. The van der Waals surface area contributed by atoms with Gasteiger partial charge in [-0.1, -0.05) is 29.3 Å². The fraction of sp³-hybridized carbons (Fsp3) is 0.273. The molecule has 0 spiro atoms. The highest BCUT2D eigenvalue weighted by Gasteiger charge is 2.28. The molecular weight excluding hydrogens is 533 g/mol. The third-order valence-corrected chi connectivity index (χ3v) is 9.17. The number of rotatable bonds is 5. The van der Waals surface area contributed by atoms with E-state index in [4.69, 9.17) is 34.4 Å². The number of anilines is 1. The number of amides is 1. The molecular formula is C22H21Cl2N5O4S2. The first-order chi connectivity index (χ1) is 16.6. The van der Waals surface area contributed by atoms with Crippen molar-refractivity contribution in [2.75, 3.05) is 16.6 Å². The summed E-state index contributed by atoms with van der Waals surface area (Å²) in [5.41, 5.74) is 0.0443. The summed E-state index contributed by atoms with van der Waals surface area (Å²) in [6.07, 6.45) is 3.05. The van der Waals surface area contributed by atoms with Crippen molar-refractivity contribution in [3.05, 3.63) is 68.2 Å². The molecule has 3 heterocycles. The van der Waals surface area contributed by atoms with Crippen LogP contribution in [0.25, 0.3) is 11.5 Å². The first kappa shape index (κ1) is 25.4. The summed E-state index contributed by atoms with van der Waals surface area (Å²) >= 11 is 17.3. The molecule has 9 nitrogen and oxygen atoms in total. The number of benzene rings is 1. The molecule has 0 bridgehead atoms. The average Bonchev–Trinajstić information content (AvgIpc) is 2.83. The van der Waals surface area contributed by atoms with Crippen molar-refractivity contribution in [2.45, 2.75) is 19.4 Å². The summed E-state index contributed by atoms with van der Waals surface area (Å²) in [7, 11) is -1.34. The van der Waals surface area contributed by atoms with Gasteiger partial charge in [-0.15, -0.1) is 0 Å². The second-order valence-electron chi connectivity index (χ2n) is 7.89. The van der Waals surface area contributed by atoms with E-state index in [9.17, 15) is 18.9 Å². The number of aromatic nitrogens is 3. The Kier molecular flexibility index (Phi) is 7.32. The van der Waals surface area contributed by atoms with Crippen LogP contribution in [0, 0.1) is 0 Å². The van der Waals surface area contributed by atoms with Crippen LogP contribution in [-0.4, -0.2) is 42.1 Å². The van der Waals surface area contributed by atoms with Gasteiger partial charge in [0.25, 0.3) is 11.5 Å². The maximum absolute atomic E-state index is 13.1. The minimum absolute atomic E-state index is 0.0267. The number of halogens is 2. The fourth-order valence-corrected chi connectivity index (χ4v) is 6.49. The van der Waals surface area contributed by atoms with Gasteiger partial charge >= 0.3 is 0 Å². The Balaban J connectivity index is 1.73. The van der Waals surface area contributed by atoms with E-state index in [2.05, 4.69) is 15.3 Å². The summed E-state index contributed by atoms with van der Waals surface area (Å²) < 4.78 is 15.8. The lowest BCUT2D eigenvalue weighted by Crippen LogP contribution is -2.38. The zero-order chi connectivity index (χ0) is 25.3. The van der Waals surface area contributed by atoms with E-state index in [1.54, 1.807) is 34.6 Å². The van der Waals surface area contributed by atoms with E-state index in [0.29, 0.717) is 33.6 Å². The second kappa shape index (κ2) is 10.1. The molecule has 1 aliphatic heterocycles. The lowest BCUT2D eigenvalue weighted by molar-refractivity contribution is 0.0942. The molecule has 1 aromatic carbocycles. The number of nitrogens with one attached hydrogen (secondary N) is 1. The SMILES string of the molecule is Cn1c(-c2ncccc2N2CCCCS2(=O)=S)nc(C(=O)NCc2ccc(Cl)c(Cl)c2)c(O)c1=O. The molecule has 1 amide bonds. The highest BCUT2D eigenvalue weighted by molar-refractivity contribution is 8.33. The van der Waals surface area contributed by atoms with Crippen LogP contribution in [0.1, 0.15) is 28.9 Å². The van der Waals surface area contributed by atoms with E-state index in [1.165, 1.54) is 13.2 Å². The van der Waals surface area contributed by atoms with E-state index in [1.807, 2.05) is 0 Å². The van der Waals surface area contributed by atoms with E-state index in [0.717, 1.165) is 17.4 Å². The molecule has 13 heteroatoms. The molecule has 2 N–H and O–H groups in total. The van der Waals surface area contributed by atoms with Crippen LogP contribution >= 0.6 is 23.2 Å². The molecule has 0 radical (unpaired) electrons. The molecule has 0 saturated carbocycles. The van der Waals surface area contributed by atoms with Gasteiger partial charge in [0.05, 0.1) is 15.7 Å². The van der Waals surface area contributed by atoms with E-state index < -0.39 is 31.6 Å². The first-order valence-corrected chi connectivity index (χ1v) is 13.9. The second-order valence-corrected chi connectivity index (χ2v) is 12.3. The molecule has 184 valence electrons. The van der Waals surface area contributed by atoms with Gasteiger partial charge in [-0.2, -0.15) is 0 Å². The summed E-state index contributed by atoms with van der Waals surface area (Å²) in [5.74, 6) is -1.18. The molecule has 1 saturated heterocycles. The number of hydrogen-bond donors (Lipinski definition) is 2. The topological polar surface area (TPSA) is 117 Å². The molecule has 3 aromatic rings. The average molecular weight is 554 g/mol. The highest BCUT2D eigenvalue weighted by Crippen LogP contribution is 2.32. The van der Waals surface area contributed by atoms with Crippen LogP contribution in [0.2, 0.25) is 10.0 Å². The molecule has 1 atom stereocenters. The standard InChI is InChI=1S/C22H21Cl2N5O4S2/c1-28-20(17-16(5-4-8-25-17)29-9-2-3-10-35(29,33)34)27-18(19(30)22(28)32)21(31)26-12-13-6-7-14(23)15(24)11-13/h4-8,11,30H,2-3,9-10,12H2,1H3,(H,26,31). The van der Waals surface area contributed by atoms with Gasteiger partial charge in [0, 0.05) is 43.3 Å². The minimum atomic E-state index is -2.75. The maximum atomic E-state index is 13.1. The van der Waals surface area contributed by atoms with Crippen LogP contribution in [0.15, 0.2) is 41.3 Å². The van der Waals surface area contributed by atoms with Crippen molar-refractivity contribution in [1.82, 2.24) is 19.9 Å². The molecule has 0 aliphatic carbocycles. The Morgan fingerprint density at radius 2 is 2.03 bits per heavy atom. The van der Waals surface area contributed by atoms with E-state index in [-0.39, 0.29) is 18.1 Å². The van der Waals surface area contributed by atoms with Crippen molar-refractivity contribution in [3.8, 4) is 17.3 Å². The Morgan fingerprint density at radius 3 is 2.74 bits per heavy atom. The van der Waals surface area contributed by atoms with E-state index >= 15 is 0 Å². The van der Waals surface area contributed by atoms with Crippen LogP contribution in [0.5, 0.6) is 5.75 Å². The molecule has 1 aliphatic rings. The maximum Gasteiger partial charge on any atom is 0.296 e. The van der Waals surface area contributed by atoms with Crippen molar-refractivity contribution in [3.63, 3.8) is 0 Å². The van der Waals surface area contributed by atoms with Gasteiger partial charge < -0.3 is 10.4 Å². The van der Waals surface area contributed by atoms with Crippen LogP contribution in [0.4, 0.5) is 5.69 Å². The predicted octanol–water partition coefficient (Wildman–Crippen LogP) is 3.05. The molecule has 2 aromatic heterocycles. The number of nitrogens with zero attached hydrogens (tertiary/aromatic N) is 4. The highest BCUT2D eigenvalue weighted by atomic mass is 35.5. The van der Waals surface area contributed by atoms with Crippen molar-refractivity contribution >= 4 is 54.7 Å². The summed E-state index contributed by atoms with van der Waals surface area (Å²) in [4.78, 5) is 34.3. The smallest absolute Gasteiger partial charge is 0.296 e. The van der Waals surface area contributed by atoms with Crippen LogP contribution < -0.4 is 15.2 Å². The zero-order valence-electron chi connectivity index (χ0n) is 18.5. The number of carbonyl (C=O) groups excluding carboxylic acids is 1. The fourth-order valence-electron chi connectivity index (χ4n) is 3.71. The first-order valence-electron chi connectivity index (χ1n) is 10.6. The van der Waals surface area contributed by atoms with Gasteiger partial charge in [0.1, 0.15) is 14.4 Å². The van der Waals surface area contributed by atoms with Crippen LogP contribution in [0.3, 0.4) is 0 Å². The summed E-state index contributed by atoms with van der Waals surface area (Å²) in [6, 6.07) is 8.24. The minimum Gasteiger partial charge on any atom is -0.501 e. The largest absolute Gasteiger partial charge is 0.501 e.